The zero-order valence-electron chi connectivity index (χ0n) is 18.5. The van der Waals surface area contributed by atoms with E-state index in [1.807, 2.05) is 36.4 Å². The number of pyridine rings is 1. The highest BCUT2D eigenvalue weighted by Crippen LogP contribution is 2.18. The van der Waals surface area contributed by atoms with Crippen molar-refractivity contribution in [3.8, 4) is 6.01 Å². The van der Waals surface area contributed by atoms with Gasteiger partial charge < -0.3 is 26.5 Å². The Kier molecular flexibility index (Phi) is 6.84. The number of nitrogens with zero attached hydrogens (tertiary/aromatic N) is 4. The van der Waals surface area contributed by atoms with Crippen LogP contribution in [0, 0.1) is 0 Å². The van der Waals surface area contributed by atoms with Gasteiger partial charge in [0.15, 0.2) is 11.5 Å². The summed E-state index contributed by atoms with van der Waals surface area (Å²) < 4.78 is 7.07. The van der Waals surface area contributed by atoms with Crippen molar-refractivity contribution in [2.75, 3.05) is 18.1 Å². The van der Waals surface area contributed by atoms with Crippen LogP contribution in [0.4, 0.5) is 11.5 Å². The molecule has 0 aliphatic carbocycles. The van der Waals surface area contributed by atoms with Crippen LogP contribution in [0.3, 0.4) is 0 Å². The summed E-state index contributed by atoms with van der Waals surface area (Å²) in [7, 11) is 0. The minimum Gasteiger partial charge on any atom is -0.463 e. The number of ether oxygens (including phenoxy) is 1. The monoisotopic (exact) mass is 448 g/mol. The van der Waals surface area contributed by atoms with Crippen molar-refractivity contribution < 1.29 is 4.74 Å². The van der Waals surface area contributed by atoms with E-state index in [-0.39, 0.29) is 24.1 Å². The van der Waals surface area contributed by atoms with E-state index in [1.54, 1.807) is 6.20 Å². The van der Waals surface area contributed by atoms with Gasteiger partial charge in [0.2, 0.25) is 0 Å². The molecule has 0 bridgehead atoms. The van der Waals surface area contributed by atoms with Crippen molar-refractivity contribution in [3.63, 3.8) is 0 Å². The van der Waals surface area contributed by atoms with Crippen molar-refractivity contribution in [2.24, 2.45) is 0 Å². The molecule has 3 heterocycles. The van der Waals surface area contributed by atoms with Gasteiger partial charge in [-0.15, -0.1) is 0 Å². The Morgan fingerprint density at radius 1 is 1.06 bits per heavy atom. The first kappa shape index (κ1) is 22.3. The van der Waals surface area contributed by atoms with Gasteiger partial charge in [0.25, 0.3) is 0 Å². The van der Waals surface area contributed by atoms with Crippen molar-refractivity contribution in [2.45, 2.75) is 39.4 Å². The molecular formula is C23H28N8O2. The number of aromatic nitrogens is 5. The van der Waals surface area contributed by atoms with Crippen LogP contribution in [0.25, 0.3) is 11.2 Å². The fourth-order valence-electron chi connectivity index (χ4n) is 3.35. The maximum atomic E-state index is 12.5. The SMILES string of the molecule is CCCCOc1nc(N)c2[nH]c(=O)n(Cc3ccc(CNCc4ccc(N)cc4)cn3)c2n1. The van der Waals surface area contributed by atoms with Crippen LogP contribution >= 0.6 is 0 Å². The van der Waals surface area contributed by atoms with Crippen molar-refractivity contribution in [1.82, 2.24) is 29.8 Å². The first-order chi connectivity index (χ1) is 16.0. The molecule has 33 heavy (non-hydrogen) atoms. The highest BCUT2D eigenvalue weighted by Gasteiger charge is 2.15. The number of H-pyrrole nitrogens is 1. The molecule has 0 atom stereocenters. The predicted molar refractivity (Wildman–Crippen MR) is 128 cm³/mol. The van der Waals surface area contributed by atoms with E-state index in [4.69, 9.17) is 16.2 Å². The molecule has 10 nitrogen and oxygen atoms in total. The van der Waals surface area contributed by atoms with Gasteiger partial charge in [0, 0.05) is 25.0 Å². The van der Waals surface area contributed by atoms with E-state index in [2.05, 4.69) is 32.2 Å². The summed E-state index contributed by atoms with van der Waals surface area (Å²) in [6.45, 7) is 4.22. The zero-order valence-corrected chi connectivity index (χ0v) is 18.5. The average molecular weight is 449 g/mol. The topological polar surface area (TPSA) is 150 Å². The lowest BCUT2D eigenvalue weighted by atomic mass is 10.2. The van der Waals surface area contributed by atoms with Crippen molar-refractivity contribution in [1.29, 1.82) is 0 Å². The number of anilines is 2. The quantitative estimate of drug-likeness (QED) is 0.213. The van der Waals surface area contributed by atoms with Crippen LogP contribution in [0.5, 0.6) is 6.01 Å². The minimum atomic E-state index is -0.326. The molecule has 0 aliphatic heterocycles. The van der Waals surface area contributed by atoms with Gasteiger partial charge in [-0.25, -0.2) is 4.79 Å². The highest BCUT2D eigenvalue weighted by atomic mass is 16.5. The fourth-order valence-corrected chi connectivity index (χ4v) is 3.35. The largest absolute Gasteiger partial charge is 0.463 e. The van der Waals surface area contributed by atoms with E-state index < -0.39 is 0 Å². The second-order valence-electron chi connectivity index (χ2n) is 7.81. The minimum absolute atomic E-state index is 0.164. The number of aromatic amines is 1. The molecule has 0 aliphatic rings. The van der Waals surface area contributed by atoms with Gasteiger partial charge in [-0.05, 0) is 35.7 Å². The third kappa shape index (κ3) is 5.47. The molecule has 10 heteroatoms. The molecule has 4 aromatic rings. The number of nitrogens with two attached hydrogens (primary N) is 2. The third-order valence-corrected chi connectivity index (χ3v) is 5.20. The number of hydrogen-bond acceptors (Lipinski definition) is 8. The molecule has 0 spiro atoms. The van der Waals surface area contributed by atoms with Gasteiger partial charge in [-0.3, -0.25) is 9.55 Å². The van der Waals surface area contributed by atoms with Crippen LogP contribution in [0.1, 0.15) is 36.6 Å². The van der Waals surface area contributed by atoms with E-state index in [1.165, 1.54) is 4.57 Å². The van der Waals surface area contributed by atoms with E-state index in [9.17, 15) is 4.79 Å². The molecule has 0 amide bonds. The molecular weight excluding hydrogens is 420 g/mol. The summed E-state index contributed by atoms with van der Waals surface area (Å²) in [5.74, 6) is 0.179. The van der Waals surface area contributed by atoms with Gasteiger partial charge in [-0.1, -0.05) is 31.5 Å². The van der Waals surface area contributed by atoms with Crippen molar-refractivity contribution in [3.05, 3.63) is 69.9 Å². The molecule has 4 rings (SSSR count). The van der Waals surface area contributed by atoms with Crippen LogP contribution in [0.2, 0.25) is 0 Å². The standard InChI is InChI=1S/C23H28N8O2/c1-2-3-10-33-22-29-20(25)19-21(30-22)31(23(32)28-19)14-18-9-6-16(13-27-18)12-26-11-15-4-7-17(24)8-5-15/h4-9,13,26H,2-3,10-12,14,24H2,1H3,(H,28,32)(H2,25,29,30). The molecule has 0 saturated carbocycles. The molecule has 0 fully saturated rings. The van der Waals surface area contributed by atoms with Crippen LogP contribution in [-0.2, 0) is 19.6 Å². The number of hydrogen-bond donors (Lipinski definition) is 4. The number of imidazole rings is 1. The van der Waals surface area contributed by atoms with Gasteiger partial charge in [-0.2, -0.15) is 9.97 Å². The zero-order chi connectivity index (χ0) is 23.2. The van der Waals surface area contributed by atoms with Crippen LogP contribution in [0.15, 0.2) is 47.4 Å². The van der Waals surface area contributed by atoms with Crippen molar-refractivity contribution >= 4 is 22.7 Å². The molecule has 3 aromatic heterocycles. The number of fused-ring (bicyclic) bond motifs is 1. The second-order valence-corrected chi connectivity index (χ2v) is 7.81. The second kappa shape index (κ2) is 10.1. The number of unbranched alkanes of at least 4 members (excludes halogenated alkanes) is 1. The third-order valence-electron chi connectivity index (χ3n) is 5.20. The normalized spacial score (nSPS) is 11.2. The summed E-state index contributed by atoms with van der Waals surface area (Å²) in [6.07, 6.45) is 3.67. The first-order valence-electron chi connectivity index (χ1n) is 10.9. The predicted octanol–water partition coefficient (Wildman–Crippen LogP) is 2.20. The Balaban J connectivity index is 1.43. The van der Waals surface area contributed by atoms with E-state index in [0.29, 0.717) is 24.3 Å². The Morgan fingerprint density at radius 3 is 2.55 bits per heavy atom. The average Bonchev–Trinajstić information content (AvgIpc) is 3.12. The summed E-state index contributed by atoms with van der Waals surface area (Å²) in [5.41, 5.74) is 15.9. The number of benzene rings is 1. The van der Waals surface area contributed by atoms with Crippen LogP contribution in [-0.4, -0.2) is 31.1 Å². The number of nitrogen functional groups attached to an aromatic ring is 2. The van der Waals surface area contributed by atoms with E-state index in [0.717, 1.165) is 41.9 Å². The Labute approximate surface area is 191 Å². The number of nitrogens with one attached hydrogen (secondary N) is 2. The molecule has 1 aromatic carbocycles. The molecule has 0 radical (unpaired) electrons. The Morgan fingerprint density at radius 2 is 1.82 bits per heavy atom. The molecule has 172 valence electrons. The Bertz CT molecular complexity index is 1260. The summed E-state index contributed by atoms with van der Waals surface area (Å²) >= 11 is 0. The van der Waals surface area contributed by atoms with Gasteiger partial charge >= 0.3 is 11.7 Å². The fraction of sp³-hybridized carbons (Fsp3) is 0.304. The maximum absolute atomic E-state index is 12.5. The van der Waals surface area contributed by atoms with Gasteiger partial charge in [0.1, 0.15) is 5.52 Å². The Hall–Kier alpha value is -3.92. The molecule has 0 unspecified atom stereocenters. The maximum Gasteiger partial charge on any atom is 0.328 e. The summed E-state index contributed by atoms with van der Waals surface area (Å²) in [4.78, 5) is 28.3. The lowest BCUT2D eigenvalue weighted by Gasteiger charge is -2.08. The lowest BCUT2D eigenvalue weighted by molar-refractivity contribution is 0.286. The van der Waals surface area contributed by atoms with E-state index >= 15 is 0 Å². The van der Waals surface area contributed by atoms with Crippen LogP contribution < -0.4 is 27.2 Å². The molecule has 6 N–H and O–H groups in total. The number of rotatable bonds is 10. The van der Waals surface area contributed by atoms with Gasteiger partial charge in [0.05, 0.1) is 18.8 Å². The lowest BCUT2D eigenvalue weighted by Crippen LogP contribution is -2.18. The first-order valence-corrected chi connectivity index (χ1v) is 10.9. The molecule has 0 saturated heterocycles. The highest BCUT2D eigenvalue weighted by molar-refractivity contribution is 5.81. The summed E-state index contributed by atoms with van der Waals surface area (Å²) in [5, 5.41) is 3.38. The smallest absolute Gasteiger partial charge is 0.328 e. The summed E-state index contributed by atoms with van der Waals surface area (Å²) in [6, 6.07) is 11.8.